The fourth-order valence-corrected chi connectivity index (χ4v) is 1.78. The average molecular weight is 358 g/mol. The lowest BCUT2D eigenvalue weighted by molar-refractivity contribution is -0.274. The first kappa shape index (κ1) is 18.8. The van der Waals surface area contributed by atoms with Gasteiger partial charge in [0.05, 0.1) is 5.56 Å². The number of carbonyl (C=O) groups excluding carboxylic acids is 1. The molecule has 6 nitrogen and oxygen atoms in total. The van der Waals surface area contributed by atoms with E-state index in [1.165, 1.54) is 12.1 Å². The summed E-state index contributed by atoms with van der Waals surface area (Å²) in [6.45, 7) is 7.27. The highest BCUT2D eigenvalue weighted by Crippen LogP contribution is 2.25. The molecule has 0 amide bonds. The zero-order chi connectivity index (χ0) is 18.8. The SMILES string of the molecule is CC(OC(=O)c1ccc(OC(F)(F)F)cc1)c1nc(C(C)(C)C)no1. The highest BCUT2D eigenvalue weighted by molar-refractivity contribution is 5.89. The van der Waals surface area contributed by atoms with E-state index >= 15 is 0 Å². The number of esters is 1. The maximum Gasteiger partial charge on any atom is 0.573 e. The van der Waals surface area contributed by atoms with Crippen LogP contribution in [0.4, 0.5) is 13.2 Å². The zero-order valence-electron chi connectivity index (χ0n) is 14.0. The molecule has 136 valence electrons. The second-order valence-corrected chi connectivity index (χ2v) is 6.33. The van der Waals surface area contributed by atoms with Gasteiger partial charge in [-0.25, -0.2) is 4.79 Å². The van der Waals surface area contributed by atoms with Crippen molar-refractivity contribution in [2.75, 3.05) is 0 Å². The number of carbonyl (C=O) groups is 1. The van der Waals surface area contributed by atoms with Crippen LogP contribution >= 0.6 is 0 Å². The Morgan fingerprint density at radius 2 is 1.76 bits per heavy atom. The van der Waals surface area contributed by atoms with Crippen molar-refractivity contribution in [1.82, 2.24) is 10.1 Å². The summed E-state index contributed by atoms with van der Waals surface area (Å²) in [6.07, 6.45) is -5.60. The maximum absolute atomic E-state index is 12.1. The Bertz CT molecular complexity index is 733. The predicted molar refractivity (Wildman–Crippen MR) is 80.0 cm³/mol. The van der Waals surface area contributed by atoms with Gasteiger partial charge < -0.3 is 14.0 Å². The molecule has 2 aromatic rings. The lowest BCUT2D eigenvalue weighted by Gasteiger charge is -2.12. The van der Waals surface area contributed by atoms with Crippen LogP contribution in [0.25, 0.3) is 0 Å². The van der Waals surface area contributed by atoms with Crippen molar-refractivity contribution in [3.63, 3.8) is 0 Å². The number of benzene rings is 1. The summed E-state index contributed by atoms with van der Waals surface area (Å²) >= 11 is 0. The first-order valence-electron chi connectivity index (χ1n) is 7.36. The minimum atomic E-state index is -4.79. The molecule has 0 N–H and O–H groups in total. The van der Waals surface area contributed by atoms with Gasteiger partial charge in [-0.2, -0.15) is 4.98 Å². The smallest absolute Gasteiger partial charge is 0.449 e. The second-order valence-electron chi connectivity index (χ2n) is 6.33. The van der Waals surface area contributed by atoms with Gasteiger partial charge in [0.15, 0.2) is 11.9 Å². The van der Waals surface area contributed by atoms with Crippen molar-refractivity contribution in [1.29, 1.82) is 0 Å². The van der Waals surface area contributed by atoms with E-state index in [2.05, 4.69) is 14.9 Å². The molecule has 0 aliphatic carbocycles. The maximum atomic E-state index is 12.1. The van der Waals surface area contributed by atoms with Crippen LogP contribution in [0, 0.1) is 0 Å². The zero-order valence-corrected chi connectivity index (χ0v) is 14.0. The van der Waals surface area contributed by atoms with Crippen LogP contribution in [0.15, 0.2) is 28.8 Å². The molecule has 0 bridgehead atoms. The lowest BCUT2D eigenvalue weighted by Crippen LogP contribution is -2.17. The molecule has 0 saturated heterocycles. The van der Waals surface area contributed by atoms with Gasteiger partial charge in [-0.3, -0.25) is 0 Å². The van der Waals surface area contributed by atoms with E-state index in [1.807, 2.05) is 20.8 Å². The molecule has 2 rings (SSSR count). The van der Waals surface area contributed by atoms with E-state index < -0.39 is 24.2 Å². The van der Waals surface area contributed by atoms with E-state index in [-0.39, 0.29) is 16.9 Å². The first-order valence-corrected chi connectivity index (χ1v) is 7.36. The second kappa shape index (κ2) is 6.73. The molecule has 25 heavy (non-hydrogen) atoms. The molecule has 0 fully saturated rings. The van der Waals surface area contributed by atoms with Crippen molar-refractivity contribution in [2.24, 2.45) is 0 Å². The molecule has 0 aliphatic rings. The van der Waals surface area contributed by atoms with E-state index in [1.54, 1.807) is 6.92 Å². The molecule has 9 heteroatoms. The normalized spacial score (nSPS) is 13.4. The Kier molecular flexibility index (Phi) is 5.05. The van der Waals surface area contributed by atoms with E-state index in [0.29, 0.717) is 5.82 Å². The summed E-state index contributed by atoms with van der Waals surface area (Å²) in [5.74, 6) is -0.556. The van der Waals surface area contributed by atoms with Crippen molar-refractivity contribution < 1.29 is 32.0 Å². The van der Waals surface area contributed by atoms with Crippen LogP contribution in [0.1, 0.15) is 55.9 Å². The van der Waals surface area contributed by atoms with E-state index in [4.69, 9.17) is 9.26 Å². The topological polar surface area (TPSA) is 74.5 Å². The third-order valence-corrected chi connectivity index (χ3v) is 3.07. The Labute approximate surface area is 141 Å². The molecule has 1 aromatic carbocycles. The summed E-state index contributed by atoms with van der Waals surface area (Å²) in [5.41, 5.74) is -0.253. The van der Waals surface area contributed by atoms with Crippen LogP contribution in [-0.4, -0.2) is 22.5 Å². The quantitative estimate of drug-likeness (QED) is 0.763. The summed E-state index contributed by atoms with van der Waals surface area (Å²) in [4.78, 5) is 16.2. The summed E-state index contributed by atoms with van der Waals surface area (Å²) in [7, 11) is 0. The lowest BCUT2D eigenvalue weighted by atomic mass is 9.96. The van der Waals surface area contributed by atoms with Gasteiger partial charge in [-0.15, -0.1) is 13.2 Å². The number of nitrogens with zero attached hydrogens (tertiary/aromatic N) is 2. The van der Waals surface area contributed by atoms with Gasteiger partial charge in [-0.05, 0) is 31.2 Å². The van der Waals surface area contributed by atoms with Crippen LogP contribution < -0.4 is 4.74 Å². The third kappa shape index (κ3) is 5.20. The molecular formula is C16H17F3N2O4. The third-order valence-electron chi connectivity index (χ3n) is 3.07. The number of aromatic nitrogens is 2. The minimum Gasteiger partial charge on any atom is -0.449 e. The first-order chi connectivity index (χ1) is 11.5. The molecule has 1 atom stereocenters. The molecule has 0 spiro atoms. The number of hydrogen-bond donors (Lipinski definition) is 0. The Morgan fingerprint density at radius 1 is 1.16 bits per heavy atom. The largest absolute Gasteiger partial charge is 0.573 e. The monoisotopic (exact) mass is 358 g/mol. The predicted octanol–water partition coefficient (Wildman–Crippen LogP) is 4.18. The van der Waals surface area contributed by atoms with E-state index in [9.17, 15) is 18.0 Å². The van der Waals surface area contributed by atoms with Crippen LogP contribution in [-0.2, 0) is 10.2 Å². The van der Waals surface area contributed by atoms with Crippen molar-refractivity contribution in [2.45, 2.75) is 45.6 Å². The Morgan fingerprint density at radius 3 is 2.24 bits per heavy atom. The van der Waals surface area contributed by atoms with Gasteiger partial charge in [0.1, 0.15) is 5.75 Å². The molecule has 1 aromatic heterocycles. The summed E-state index contributed by atoms with van der Waals surface area (Å²) in [6, 6.07) is 4.40. The summed E-state index contributed by atoms with van der Waals surface area (Å²) < 4.78 is 50.3. The number of alkyl halides is 3. The Hall–Kier alpha value is -2.58. The van der Waals surface area contributed by atoms with Gasteiger partial charge in [0.25, 0.3) is 5.89 Å². The van der Waals surface area contributed by atoms with E-state index in [0.717, 1.165) is 12.1 Å². The number of ether oxygens (including phenoxy) is 2. The van der Waals surface area contributed by atoms with Crippen molar-refractivity contribution in [3.05, 3.63) is 41.5 Å². The molecule has 1 heterocycles. The van der Waals surface area contributed by atoms with Gasteiger partial charge in [0, 0.05) is 5.41 Å². The molecule has 0 saturated carbocycles. The van der Waals surface area contributed by atoms with Crippen molar-refractivity contribution >= 4 is 5.97 Å². The number of hydrogen-bond acceptors (Lipinski definition) is 6. The number of halogens is 3. The average Bonchev–Trinajstić information content (AvgIpc) is 2.96. The van der Waals surface area contributed by atoms with Gasteiger partial charge in [-0.1, -0.05) is 25.9 Å². The van der Waals surface area contributed by atoms with Crippen LogP contribution in [0.3, 0.4) is 0 Å². The summed E-state index contributed by atoms with van der Waals surface area (Å²) in [5, 5.41) is 3.83. The van der Waals surface area contributed by atoms with Gasteiger partial charge >= 0.3 is 12.3 Å². The standard InChI is InChI=1S/C16H17F3N2O4/c1-9(12-20-14(21-25-12)15(2,3)4)23-13(22)10-5-7-11(8-6-10)24-16(17,18)19/h5-9H,1-4H3. The fourth-order valence-electron chi connectivity index (χ4n) is 1.78. The Balaban J connectivity index is 2.02. The highest BCUT2D eigenvalue weighted by Gasteiger charge is 2.31. The molecule has 0 radical (unpaired) electrons. The molecular weight excluding hydrogens is 341 g/mol. The van der Waals surface area contributed by atoms with Crippen molar-refractivity contribution in [3.8, 4) is 5.75 Å². The van der Waals surface area contributed by atoms with Gasteiger partial charge in [0.2, 0.25) is 0 Å². The minimum absolute atomic E-state index is 0.0666. The van der Waals surface area contributed by atoms with Crippen LogP contribution in [0.2, 0.25) is 0 Å². The van der Waals surface area contributed by atoms with Crippen LogP contribution in [0.5, 0.6) is 5.75 Å². The molecule has 0 aliphatic heterocycles. The number of rotatable bonds is 4. The highest BCUT2D eigenvalue weighted by atomic mass is 19.4. The fraction of sp³-hybridized carbons (Fsp3) is 0.438. The molecule has 1 unspecified atom stereocenters.